The lowest BCUT2D eigenvalue weighted by Gasteiger charge is -2.23. The number of ether oxygens (including phenoxy) is 2. The van der Waals surface area contributed by atoms with E-state index in [0.717, 1.165) is 16.9 Å². The minimum atomic E-state index is -0.251. The van der Waals surface area contributed by atoms with E-state index in [0.29, 0.717) is 18.1 Å². The summed E-state index contributed by atoms with van der Waals surface area (Å²) in [5.74, 6) is 0.375. The lowest BCUT2D eigenvalue weighted by molar-refractivity contribution is -0.151. The fourth-order valence-corrected chi connectivity index (χ4v) is 2.59. The maximum absolute atomic E-state index is 12.1. The van der Waals surface area contributed by atoms with Gasteiger partial charge in [0.05, 0.1) is 5.92 Å². The average molecular weight is 303 g/mol. The number of carbonyl (C=O) groups is 1. The van der Waals surface area contributed by atoms with Crippen molar-refractivity contribution in [3.63, 3.8) is 0 Å². The number of rotatable bonds is 3. The zero-order valence-corrected chi connectivity index (χ0v) is 12.2. The highest BCUT2D eigenvalue weighted by Crippen LogP contribution is 2.27. The van der Waals surface area contributed by atoms with Crippen LogP contribution in [0, 0.1) is 5.92 Å². The summed E-state index contributed by atoms with van der Waals surface area (Å²) >= 11 is 5.90. The normalized spacial score (nSPS) is 16.7. The molecule has 0 bridgehead atoms. The summed E-state index contributed by atoms with van der Waals surface area (Å²) in [5, 5.41) is 0.637. The van der Waals surface area contributed by atoms with E-state index in [1.807, 2.05) is 36.4 Å². The van der Waals surface area contributed by atoms with Gasteiger partial charge in [0.2, 0.25) is 0 Å². The van der Waals surface area contributed by atoms with Gasteiger partial charge in [0.15, 0.2) is 0 Å². The number of carbonyl (C=O) groups excluding carboxylic acids is 1. The van der Waals surface area contributed by atoms with Crippen LogP contribution in [-0.2, 0) is 22.6 Å². The van der Waals surface area contributed by atoms with Gasteiger partial charge >= 0.3 is 5.97 Å². The second-order valence-corrected chi connectivity index (χ2v) is 5.49. The number of hydrogen-bond acceptors (Lipinski definition) is 3. The number of hydrogen-bond donors (Lipinski definition) is 0. The third kappa shape index (κ3) is 3.37. The molecule has 0 radical (unpaired) electrons. The predicted molar refractivity (Wildman–Crippen MR) is 80.4 cm³/mol. The Morgan fingerprint density at radius 2 is 2.10 bits per heavy atom. The molecule has 0 fully saturated rings. The molecule has 1 aliphatic heterocycles. The van der Waals surface area contributed by atoms with Gasteiger partial charge in [0.25, 0.3) is 0 Å². The Morgan fingerprint density at radius 3 is 2.95 bits per heavy atom. The largest absolute Gasteiger partial charge is 0.492 e. The molecule has 1 atom stereocenters. The summed E-state index contributed by atoms with van der Waals surface area (Å²) in [6.45, 7) is 0.600. The molecule has 1 aliphatic rings. The Labute approximate surface area is 128 Å². The number of halogens is 1. The van der Waals surface area contributed by atoms with Gasteiger partial charge < -0.3 is 9.47 Å². The lowest BCUT2D eigenvalue weighted by atomic mass is 9.97. The number of para-hydroxylation sites is 1. The van der Waals surface area contributed by atoms with E-state index in [4.69, 9.17) is 21.1 Å². The minimum absolute atomic E-state index is 0.232. The Bertz CT molecular complexity index is 654. The Morgan fingerprint density at radius 1 is 1.24 bits per heavy atom. The molecule has 0 spiro atoms. The Kier molecular flexibility index (Phi) is 4.11. The van der Waals surface area contributed by atoms with E-state index >= 15 is 0 Å². The summed E-state index contributed by atoms with van der Waals surface area (Å²) in [7, 11) is 0. The van der Waals surface area contributed by atoms with Crippen LogP contribution in [0.2, 0.25) is 5.02 Å². The molecule has 4 heteroatoms. The van der Waals surface area contributed by atoms with Gasteiger partial charge in [-0.1, -0.05) is 41.9 Å². The minimum Gasteiger partial charge on any atom is -0.492 e. The molecule has 2 aromatic rings. The second kappa shape index (κ2) is 6.19. The van der Waals surface area contributed by atoms with Gasteiger partial charge in [-0.2, -0.15) is 0 Å². The monoisotopic (exact) mass is 302 g/mol. The first-order valence-electron chi connectivity index (χ1n) is 6.84. The lowest BCUT2D eigenvalue weighted by Crippen LogP contribution is -2.29. The molecule has 2 aromatic carbocycles. The van der Waals surface area contributed by atoms with Crippen LogP contribution in [0.4, 0.5) is 0 Å². The quantitative estimate of drug-likeness (QED) is 0.812. The molecule has 0 N–H and O–H groups in total. The second-order valence-electron chi connectivity index (χ2n) is 5.06. The Balaban J connectivity index is 1.59. The van der Waals surface area contributed by atoms with E-state index in [-0.39, 0.29) is 18.5 Å². The van der Waals surface area contributed by atoms with Crippen molar-refractivity contribution >= 4 is 17.6 Å². The third-order valence-electron chi connectivity index (χ3n) is 3.48. The average Bonchev–Trinajstić information content (AvgIpc) is 2.52. The topological polar surface area (TPSA) is 35.5 Å². The van der Waals surface area contributed by atoms with Crippen molar-refractivity contribution in [2.45, 2.75) is 13.0 Å². The molecule has 0 saturated heterocycles. The molecule has 1 unspecified atom stereocenters. The van der Waals surface area contributed by atoms with Crippen LogP contribution in [0.1, 0.15) is 11.1 Å². The summed E-state index contributed by atoms with van der Waals surface area (Å²) in [4.78, 5) is 12.1. The van der Waals surface area contributed by atoms with Crippen LogP contribution in [0.5, 0.6) is 5.75 Å². The van der Waals surface area contributed by atoms with Crippen molar-refractivity contribution < 1.29 is 14.3 Å². The molecular formula is C17H15ClO3. The van der Waals surface area contributed by atoms with Gasteiger partial charge in [-0.25, -0.2) is 0 Å². The molecule has 1 heterocycles. The molecule has 108 valence electrons. The van der Waals surface area contributed by atoms with Gasteiger partial charge in [-0.15, -0.1) is 0 Å². The van der Waals surface area contributed by atoms with E-state index in [1.165, 1.54) is 0 Å². The zero-order chi connectivity index (χ0) is 14.7. The summed E-state index contributed by atoms with van der Waals surface area (Å²) in [6.07, 6.45) is 0.657. The van der Waals surface area contributed by atoms with Crippen molar-refractivity contribution in [1.29, 1.82) is 0 Å². The number of benzene rings is 2. The van der Waals surface area contributed by atoms with E-state index in [9.17, 15) is 4.79 Å². The van der Waals surface area contributed by atoms with Crippen LogP contribution in [0.3, 0.4) is 0 Å². The van der Waals surface area contributed by atoms with Gasteiger partial charge in [-0.05, 0) is 35.7 Å². The molecule has 0 amide bonds. The predicted octanol–water partition coefficient (Wildman–Crippen LogP) is 3.63. The molecule has 21 heavy (non-hydrogen) atoms. The fraction of sp³-hybridized carbons (Fsp3) is 0.235. The smallest absolute Gasteiger partial charge is 0.313 e. The molecular weight excluding hydrogens is 288 g/mol. The first-order chi connectivity index (χ1) is 10.2. The fourth-order valence-electron chi connectivity index (χ4n) is 2.38. The first kappa shape index (κ1) is 14.0. The molecule has 0 saturated carbocycles. The van der Waals surface area contributed by atoms with Gasteiger partial charge in [0, 0.05) is 5.02 Å². The van der Waals surface area contributed by atoms with Crippen LogP contribution >= 0.6 is 11.6 Å². The summed E-state index contributed by atoms with van der Waals surface area (Å²) < 4.78 is 11.0. The van der Waals surface area contributed by atoms with Crippen molar-refractivity contribution in [2.24, 2.45) is 5.92 Å². The maximum atomic E-state index is 12.1. The van der Waals surface area contributed by atoms with Crippen molar-refractivity contribution in [3.8, 4) is 5.75 Å². The number of esters is 1. The van der Waals surface area contributed by atoms with Crippen molar-refractivity contribution in [3.05, 3.63) is 64.7 Å². The third-order valence-corrected chi connectivity index (χ3v) is 3.72. The van der Waals surface area contributed by atoms with Crippen LogP contribution in [0.15, 0.2) is 48.5 Å². The standard InChI is InChI=1S/C17H15ClO3/c18-15-6-3-4-12(8-15)10-21-17(19)14-9-13-5-1-2-7-16(13)20-11-14/h1-8,14H,9-11H2. The molecule has 0 aliphatic carbocycles. The van der Waals surface area contributed by atoms with Crippen LogP contribution in [0.25, 0.3) is 0 Å². The van der Waals surface area contributed by atoms with Crippen molar-refractivity contribution in [2.75, 3.05) is 6.61 Å². The SMILES string of the molecule is O=C(OCc1cccc(Cl)c1)C1COc2ccccc2C1. The Hall–Kier alpha value is -2.00. The molecule has 0 aromatic heterocycles. The number of fused-ring (bicyclic) bond motifs is 1. The van der Waals surface area contributed by atoms with Crippen molar-refractivity contribution in [1.82, 2.24) is 0 Å². The van der Waals surface area contributed by atoms with E-state index in [2.05, 4.69) is 0 Å². The first-order valence-corrected chi connectivity index (χ1v) is 7.22. The highest BCUT2D eigenvalue weighted by Gasteiger charge is 2.27. The molecule has 3 nitrogen and oxygen atoms in total. The summed E-state index contributed by atoms with van der Waals surface area (Å²) in [5.41, 5.74) is 1.93. The van der Waals surface area contributed by atoms with Crippen LogP contribution in [-0.4, -0.2) is 12.6 Å². The van der Waals surface area contributed by atoms with E-state index in [1.54, 1.807) is 12.1 Å². The highest BCUT2D eigenvalue weighted by molar-refractivity contribution is 6.30. The maximum Gasteiger partial charge on any atom is 0.313 e. The highest BCUT2D eigenvalue weighted by atomic mass is 35.5. The summed E-state index contributed by atoms with van der Waals surface area (Å²) in [6, 6.07) is 15.1. The zero-order valence-electron chi connectivity index (χ0n) is 11.4. The van der Waals surface area contributed by atoms with Gasteiger partial charge in [0.1, 0.15) is 19.0 Å². The molecule has 3 rings (SSSR count). The van der Waals surface area contributed by atoms with Crippen LogP contribution < -0.4 is 4.74 Å². The van der Waals surface area contributed by atoms with E-state index < -0.39 is 0 Å². The van der Waals surface area contributed by atoms with Gasteiger partial charge in [-0.3, -0.25) is 4.79 Å².